The molecule has 2 atom stereocenters. The highest BCUT2D eigenvalue weighted by Gasteiger charge is 2.51. The van der Waals surface area contributed by atoms with E-state index >= 15 is 0 Å². The summed E-state index contributed by atoms with van der Waals surface area (Å²) in [4.78, 5) is 15.8. The first-order valence-electron chi connectivity index (χ1n) is 6.27. The molecule has 0 saturated carbocycles. The first-order chi connectivity index (χ1) is 9.26. The number of rotatable bonds is 6. The smallest absolute Gasteiger partial charge is 0.338 e. The molecule has 104 valence electrons. The average Bonchev–Trinajstić information content (AvgIpc) is 3.03. The van der Waals surface area contributed by atoms with E-state index in [1.165, 1.54) is 0 Å². The van der Waals surface area contributed by atoms with Crippen LogP contribution < -0.4 is 0 Å². The predicted molar refractivity (Wildman–Crippen MR) is 66.8 cm³/mol. The van der Waals surface area contributed by atoms with Gasteiger partial charge in [0.15, 0.2) is 12.2 Å². The number of hydrogen-bond acceptors (Lipinski definition) is 6. The summed E-state index contributed by atoms with van der Waals surface area (Å²) in [6.07, 6.45) is 0.552. The highest BCUT2D eigenvalue weighted by atomic mass is 16.7. The summed E-state index contributed by atoms with van der Waals surface area (Å²) in [6, 6.07) is 3.61. The van der Waals surface area contributed by atoms with Crippen LogP contribution in [0.1, 0.15) is 19.6 Å². The molecule has 19 heavy (non-hydrogen) atoms. The van der Waals surface area contributed by atoms with Crippen LogP contribution in [0.4, 0.5) is 0 Å². The number of epoxide rings is 1. The minimum absolute atomic E-state index is 0.332. The van der Waals surface area contributed by atoms with Gasteiger partial charge in [0.05, 0.1) is 19.5 Å². The number of hydrogen-bond donors (Lipinski definition) is 0. The van der Waals surface area contributed by atoms with Gasteiger partial charge in [0.1, 0.15) is 12.3 Å². The van der Waals surface area contributed by atoms with E-state index in [0.717, 1.165) is 5.76 Å². The summed E-state index contributed by atoms with van der Waals surface area (Å²) in [5, 5.41) is 0. The molecule has 2 heterocycles. The third-order valence-corrected chi connectivity index (χ3v) is 2.52. The molecule has 0 bridgehead atoms. The number of ether oxygens (including phenoxy) is 3. The lowest BCUT2D eigenvalue weighted by molar-refractivity contribution is -0.144. The maximum absolute atomic E-state index is 11.5. The Morgan fingerprint density at radius 2 is 2.11 bits per heavy atom. The largest absolute Gasteiger partial charge is 0.479 e. The minimum atomic E-state index is -0.596. The van der Waals surface area contributed by atoms with Crippen LogP contribution in [0.5, 0.6) is 0 Å². The molecule has 0 spiro atoms. The second-order valence-electron chi connectivity index (χ2n) is 3.90. The van der Waals surface area contributed by atoms with Crippen molar-refractivity contribution in [2.45, 2.75) is 32.6 Å². The van der Waals surface area contributed by atoms with Crippen LogP contribution in [0.15, 0.2) is 27.8 Å². The molecule has 0 radical (unpaired) electrons. The molecule has 0 N–H and O–H groups in total. The number of aliphatic imine (C=N–C) groups is 1. The summed E-state index contributed by atoms with van der Waals surface area (Å²) in [5.74, 6) is 0.764. The summed E-state index contributed by atoms with van der Waals surface area (Å²) in [5.41, 5.74) is 0. The van der Waals surface area contributed by atoms with Crippen LogP contribution in [0, 0.1) is 0 Å². The topological polar surface area (TPSA) is 73.6 Å². The predicted octanol–water partition coefficient (Wildman–Crippen LogP) is 1.55. The Balaban J connectivity index is 1.94. The monoisotopic (exact) mass is 267 g/mol. The molecule has 1 aliphatic rings. The van der Waals surface area contributed by atoms with Crippen molar-refractivity contribution in [3.8, 4) is 0 Å². The molecule has 0 amide bonds. The normalized spacial score (nSPS) is 22.1. The van der Waals surface area contributed by atoms with Crippen LogP contribution in [-0.2, 0) is 25.5 Å². The zero-order chi connectivity index (χ0) is 13.7. The first-order valence-corrected chi connectivity index (χ1v) is 6.27. The lowest BCUT2D eigenvalue weighted by Crippen LogP contribution is -2.21. The molecule has 1 aromatic heterocycles. The number of carbonyl (C=O) groups excluding carboxylic acids is 1. The molecule has 2 rings (SSSR count). The van der Waals surface area contributed by atoms with Gasteiger partial charge < -0.3 is 18.6 Å². The Hall–Kier alpha value is -1.82. The van der Waals surface area contributed by atoms with Crippen molar-refractivity contribution in [3.05, 3.63) is 24.2 Å². The highest BCUT2D eigenvalue weighted by Crippen LogP contribution is 2.26. The van der Waals surface area contributed by atoms with Crippen LogP contribution in [0.3, 0.4) is 0 Å². The quantitative estimate of drug-likeness (QED) is 0.338. The van der Waals surface area contributed by atoms with Crippen molar-refractivity contribution >= 4 is 11.9 Å². The molecule has 2 unspecified atom stereocenters. The number of carbonyl (C=O) groups is 1. The van der Waals surface area contributed by atoms with Crippen molar-refractivity contribution in [2.24, 2.45) is 4.99 Å². The Morgan fingerprint density at radius 1 is 1.32 bits per heavy atom. The van der Waals surface area contributed by atoms with Gasteiger partial charge in [-0.1, -0.05) is 0 Å². The van der Waals surface area contributed by atoms with Gasteiger partial charge in [-0.25, -0.2) is 9.79 Å². The van der Waals surface area contributed by atoms with E-state index in [4.69, 9.17) is 18.6 Å². The van der Waals surface area contributed by atoms with Crippen LogP contribution in [0.2, 0.25) is 0 Å². The number of nitrogens with zero attached hydrogens (tertiary/aromatic N) is 1. The molecule has 0 aliphatic carbocycles. The zero-order valence-electron chi connectivity index (χ0n) is 11.0. The molecule has 6 heteroatoms. The van der Waals surface area contributed by atoms with Crippen molar-refractivity contribution < 1.29 is 23.4 Å². The van der Waals surface area contributed by atoms with Crippen LogP contribution >= 0.6 is 0 Å². The van der Waals surface area contributed by atoms with Gasteiger partial charge in [-0.2, -0.15) is 0 Å². The fourth-order valence-corrected chi connectivity index (χ4v) is 1.63. The first kappa shape index (κ1) is 13.6. The van der Waals surface area contributed by atoms with Gasteiger partial charge in [-0.05, 0) is 26.0 Å². The molecule has 6 nitrogen and oxygen atoms in total. The third-order valence-electron chi connectivity index (χ3n) is 2.52. The summed E-state index contributed by atoms with van der Waals surface area (Å²) in [7, 11) is 0. The molecule has 0 aromatic carbocycles. The second-order valence-corrected chi connectivity index (χ2v) is 3.90. The van der Waals surface area contributed by atoms with E-state index in [1.807, 2.05) is 13.0 Å². The van der Waals surface area contributed by atoms with Crippen molar-refractivity contribution in [1.82, 2.24) is 0 Å². The summed E-state index contributed by atoms with van der Waals surface area (Å²) < 4.78 is 20.7. The van der Waals surface area contributed by atoms with Crippen molar-refractivity contribution in [3.63, 3.8) is 0 Å². The van der Waals surface area contributed by atoms with Gasteiger partial charge in [0, 0.05) is 0 Å². The van der Waals surface area contributed by atoms with Gasteiger partial charge in [-0.15, -0.1) is 0 Å². The van der Waals surface area contributed by atoms with E-state index in [-0.39, 0.29) is 5.97 Å². The Morgan fingerprint density at radius 3 is 2.74 bits per heavy atom. The van der Waals surface area contributed by atoms with Gasteiger partial charge in [0.2, 0.25) is 5.90 Å². The Bertz CT molecular complexity index is 440. The lowest BCUT2D eigenvalue weighted by Gasteiger charge is -2.04. The number of esters is 1. The molecular weight excluding hydrogens is 250 g/mol. The van der Waals surface area contributed by atoms with Gasteiger partial charge >= 0.3 is 5.97 Å². The molecule has 1 saturated heterocycles. The van der Waals surface area contributed by atoms with Gasteiger partial charge in [0.25, 0.3) is 0 Å². The van der Waals surface area contributed by atoms with Crippen molar-refractivity contribution in [1.29, 1.82) is 0 Å². The minimum Gasteiger partial charge on any atom is -0.479 e. The van der Waals surface area contributed by atoms with E-state index < -0.39 is 12.2 Å². The van der Waals surface area contributed by atoms with Crippen LogP contribution in [0.25, 0.3) is 0 Å². The Labute approximate surface area is 111 Å². The fraction of sp³-hybridized carbons (Fsp3) is 0.538. The summed E-state index contributed by atoms with van der Waals surface area (Å²) >= 11 is 0. The van der Waals surface area contributed by atoms with Gasteiger partial charge in [-0.3, -0.25) is 0 Å². The SMILES string of the molecule is CCOC(=O)C1OC1C(=NCc1ccco1)OCC. The van der Waals surface area contributed by atoms with E-state index in [1.54, 1.807) is 19.3 Å². The van der Waals surface area contributed by atoms with E-state index in [9.17, 15) is 4.79 Å². The Kier molecular flexibility index (Phi) is 4.57. The van der Waals surface area contributed by atoms with Crippen molar-refractivity contribution in [2.75, 3.05) is 13.2 Å². The third kappa shape index (κ3) is 3.57. The number of furan rings is 1. The average molecular weight is 267 g/mol. The summed E-state index contributed by atoms with van der Waals surface area (Å²) in [6.45, 7) is 4.76. The second kappa shape index (κ2) is 6.38. The molecule has 1 fully saturated rings. The molecular formula is C13H17NO5. The molecule has 1 aliphatic heterocycles. The fourth-order valence-electron chi connectivity index (χ4n) is 1.63. The van der Waals surface area contributed by atoms with E-state index in [2.05, 4.69) is 4.99 Å². The molecule has 1 aromatic rings. The zero-order valence-corrected chi connectivity index (χ0v) is 11.0. The maximum atomic E-state index is 11.5. The maximum Gasteiger partial charge on any atom is 0.338 e. The van der Waals surface area contributed by atoms with E-state index in [0.29, 0.717) is 25.7 Å². The standard InChI is InChI=1S/C13H17NO5/c1-3-16-12(14-8-9-6-5-7-18-9)10-11(19-10)13(15)17-4-2/h5-7,10-11H,3-4,8H2,1-2H3. The van der Waals surface area contributed by atoms with Crippen LogP contribution in [-0.4, -0.2) is 37.3 Å². The lowest BCUT2D eigenvalue weighted by atomic mass is 10.3. The highest BCUT2D eigenvalue weighted by molar-refractivity contribution is 5.92.